The number of rotatable bonds is 4. The Bertz CT molecular complexity index is 651. The Morgan fingerprint density at radius 1 is 1.11 bits per heavy atom. The molecule has 1 aromatic carbocycles. The molecule has 1 aliphatic carbocycles. The van der Waals surface area contributed by atoms with Gasteiger partial charge in [0.15, 0.2) is 0 Å². The lowest BCUT2D eigenvalue weighted by Gasteiger charge is -2.31. The maximum absolute atomic E-state index is 12.6. The van der Waals surface area contributed by atoms with Crippen LogP contribution in [0.2, 0.25) is 0 Å². The summed E-state index contributed by atoms with van der Waals surface area (Å²) in [5.41, 5.74) is 6.19. The Balaban J connectivity index is 1.95. The minimum atomic E-state index is -0.926. The van der Waals surface area contributed by atoms with E-state index in [4.69, 9.17) is 15.6 Å². The average molecular weight is 376 g/mol. The smallest absolute Gasteiger partial charge is 0.335 e. The van der Waals surface area contributed by atoms with Crippen molar-refractivity contribution < 1.29 is 19.4 Å². The third-order valence-electron chi connectivity index (χ3n) is 4.91. The molecule has 6 heteroatoms. The van der Waals surface area contributed by atoms with Gasteiger partial charge in [-0.3, -0.25) is 4.79 Å². The van der Waals surface area contributed by atoms with Crippen LogP contribution in [0.25, 0.3) is 0 Å². The number of carboxylic acid groups (broad SMARTS) is 1. The number of anilines is 1. The molecule has 0 aromatic heterocycles. The number of aromatic carboxylic acids is 1. The molecular weight excluding hydrogens is 344 g/mol. The molecule has 1 saturated carbocycles. The Hall–Kier alpha value is -2.08. The fraction of sp³-hybridized carbons (Fsp3) is 0.619. The zero-order valence-electron chi connectivity index (χ0n) is 16.6. The van der Waals surface area contributed by atoms with E-state index in [0.717, 1.165) is 37.8 Å². The van der Waals surface area contributed by atoms with E-state index >= 15 is 0 Å². The van der Waals surface area contributed by atoms with Gasteiger partial charge in [-0.1, -0.05) is 12.8 Å². The van der Waals surface area contributed by atoms with E-state index in [1.807, 2.05) is 20.8 Å². The topological polar surface area (TPSA) is 102 Å². The monoisotopic (exact) mass is 376 g/mol. The van der Waals surface area contributed by atoms with Crippen LogP contribution in [0.4, 0.5) is 5.69 Å². The zero-order chi connectivity index (χ0) is 20.1. The van der Waals surface area contributed by atoms with Crippen LogP contribution >= 0.6 is 0 Å². The lowest BCUT2D eigenvalue weighted by Crippen LogP contribution is -2.51. The molecule has 1 aliphatic rings. The van der Waals surface area contributed by atoms with Crippen molar-refractivity contribution in [1.29, 1.82) is 0 Å². The van der Waals surface area contributed by atoms with Gasteiger partial charge in [-0.05, 0) is 77.1 Å². The van der Waals surface area contributed by atoms with Gasteiger partial charge in [-0.15, -0.1) is 0 Å². The van der Waals surface area contributed by atoms with E-state index in [2.05, 4.69) is 5.32 Å². The molecule has 2 unspecified atom stereocenters. The summed E-state index contributed by atoms with van der Waals surface area (Å²) in [7, 11) is 0. The number of hydrogen-bond donors (Lipinski definition) is 3. The minimum Gasteiger partial charge on any atom is -0.478 e. The molecule has 0 saturated heterocycles. The van der Waals surface area contributed by atoms with Gasteiger partial charge < -0.3 is 20.9 Å². The van der Waals surface area contributed by atoms with Crippen molar-refractivity contribution in [1.82, 2.24) is 0 Å². The van der Waals surface area contributed by atoms with Crippen LogP contribution < -0.4 is 11.1 Å². The number of nitrogens with one attached hydrogen (secondary N) is 1. The highest BCUT2D eigenvalue weighted by Crippen LogP contribution is 2.28. The fourth-order valence-electron chi connectivity index (χ4n) is 3.44. The normalized spacial score (nSPS) is 24.2. The molecule has 0 aliphatic heterocycles. The van der Waals surface area contributed by atoms with Crippen LogP contribution in [0.1, 0.15) is 76.1 Å². The van der Waals surface area contributed by atoms with Gasteiger partial charge in [-0.2, -0.15) is 0 Å². The fourth-order valence-corrected chi connectivity index (χ4v) is 3.44. The molecule has 2 atom stereocenters. The number of carbonyl (C=O) groups is 2. The summed E-state index contributed by atoms with van der Waals surface area (Å²) in [5.74, 6) is -1.23. The van der Waals surface area contributed by atoms with E-state index in [9.17, 15) is 9.59 Å². The van der Waals surface area contributed by atoms with E-state index in [1.54, 1.807) is 24.3 Å². The summed E-state index contributed by atoms with van der Waals surface area (Å²) >= 11 is 0. The van der Waals surface area contributed by atoms with Crippen LogP contribution in [0.3, 0.4) is 0 Å². The van der Waals surface area contributed by atoms with Gasteiger partial charge >= 0.3 is 11.9 Å². The largest absolute Gasteiger partial charge is 0.478 e. The highest BCUT2D eigenvalue weighted by atomic mass is 16.6. The van der Waals surface area contributed by atoms with Gasteiger partial charge in [0, 0.05) is 11.7 Å². The maximum Gasteiger partial charge on any atom is 0.335 e. The second-order valence-electron chi connectivity index (χ2n) is 8.52. The molecule has 4 N–H and O–H groups in total. The van der Waals surface area contributed by atoms with E-state index in [-0.39, 0.29) is 17.6 Å². The molecule has 2 rings (SSSR count). The number of carboxylic acids is 1. The zero-order valence-corrected chi connectivity index (χ0v) is 16.6. The second-order valence-corrected chi connectivity index (χ2v) is 8.52. The SMILES string of the molecule is CC(C)(C)OC(=O)C1(N)CCCCC(Nc2ccc(C(=O)O)cc2)CCC1. The molecule has 150 valence electrons. The second kappa shape index (κ2) is 8.74. The summed E-state index contributed by atoms with van der Waals surface area (Å²) in [6, 6.07) is 7.08. The van der Waals surface area contributed by atoms with E-state index < -0.39 is 17.1 Å². The quantitative estimate of drug-likeness (QED) is 0.688. The molecule has 0 bridgehead atoms. The van der Waals surface area contributed by atoms with Crippen LogP contribution in [-0.4, -0.2) is 34.2 Å². The summed E-state index contributed by atoms with van der Waals surface area (Å²) in [5, 5.41) is 12.5. The molecule has 0 spiro atoms. The van der Waals surface area contributed by atoms with Gasteiger partial charge in [-0.25, -0.2) is 4.79 Å². The number of carbonyl (C=O) groups excluding carboxylic acids is 1. The first-order valence-electron chi connectivity index (χ1n) is 9.71. The number of hydrogen-bond acceptors (Lipinski definition) is 5. The lowest BCUT2D eigenvalue weighted by atomic mass is 9.88. The molecular formula is C21H32N2O4. The Kier molecular flexibility index (Phi) is 6.87. The Morgan fingerprint density at radius 3 is 2.30 bits per heavy atom. The molecule has 0 amide bonds. The first-order chi connectivity index (χ1) is 12.6. The molecule has 1 aromatic rings. The summed E-state index contributed by atoms with van der Waals surface area (Å²) in [6.45, 7) is 5.58. The Labute approximate surface area is 161 Å². The molecule has 1 fully saturated rings. The van der Waals surface area contributed by atoms with Crippen LogP contribution in [0, 0.1) is 0 Å². The summed E-state index contributed by atoms with van der Waals surface area (Å²) < 4.78 is 5.54. The highest BCUT2D eigenvalue weighted by molar-refractivity contribution is 5.88. The van der Waals surface area contributed by atoms with Gasteiger partial charge in [0.25, 0.3) is 0 Å². The summed E-state index contributed by atoms with van der Waals surface area (Å²) in [4.78, 5) is 23.5. The van der Waals surface area contributed by atoms with Crippen molar-refractivity contribution in [2.45, 2.75) is 82.9 Å². The molecule has 27 heavy (non-hydrogen) atoms. The molecule has 6 nitrogen and oxygen atoms in total. The van der Waals surface area contributed by atoms with Gasteiger partial charge in [0.05, 0.1) is 5.56 Å². The minimum absolute atomic E-state index is 0.278. The van der Waals surface area contributed by atoms with E-state index in [1.165, 1.54) is 0 Å². The van der Waals surface area contributed by atoms with Crippen LogP contribution in [0.15, 0.2) is 24.3 Å². The van der Waals surface area contributed by atoms with Crippen LogP contribution in [0.5, 0.6) is 0 Å². The van der Waals surface area contributed by atoms with Crippen molar-refractivity contribution in [2.24, 2.45) is 5.73 Å². The van der Waals surface area contributed by atoms with Gasteiger partial charge in [0.2, 0.25) is 0 Å². The van der Waals surface area contributed by atoms with Crippen molar-refractivity contribution in [3.63, 3.8) is 0 Å². The molecule has 0 heterocycles. The third kappa shape index (κ3) is 6.54. The van der Waals surface area contributed by atoms with Gasteiger partial charge in [0.1, 0.15) is 11.1 Å². The first-order valence-corrected chi connectivity index (χ1v) is 9.71. The number of nitrogens with two attached hydrogens (primary N) is 1. The van der Waals surface area contributed by atoms with Crippen molar-refractivity contribution >= 4 is 17.6 Å². The maximum atomic E-state index is 12.6. The highest BCUT2D eigenvalue weighted by Gasteiger charge is 2.37. The molecule has 0 radical (unpaired) electrons. The standard InChI is InChI=1S/C21H32N2O4/c1-20(2,3)27-19(26)21(22)13-5-4-7-16(8-6-14-21)23-17-11-9-15(10-12-17)18(24)25/h9-12,16,23H,4-8,13-14,22H2,1-3H3,(H,24,25). The van der Waals surface area contributed by atoms with Crippen molar-refractivity contribution in [3.8, 4) is 0 Å². The predicted molar refractivity (Wildman–Crippen MR) is 106 cm³/mol. The van der Waals surface area contributed by atoms with Crippen LogP contribution in [-0.2, 0) is 9.53 Å². The summed E-state index contributed by atoms with van der Waals surface area (Å²) in [6.07, 6.45) is 5.84. The lowest BCUT2D eigenvalue weighted by molar-refractivity contribution is -0.162. The Morgan fingerprint density at radius 2 is 1.70 bits per heavy atom. The van der Waals surface area contributed by atoms with Crippen molar-refractivity contribution in [2.75, 3.05) is 5.32 Å². The number of ether oxygens (including phenoxy) is 1. The van der Waals surface area contributed by atoms with Crippen molar-refractivity contribution in [3.05, 3.63) is 29.8 Å². The van der Waals surface area contributed by atoms with E-state index in [0.29, 0.717) is 12.8 Å². The average Bonchev–Trinajstić information content (AvgIpc) is 2.65. The predicted octanol–water partition coefficient (Wildman–Crippen LogP) is 3.95. The third-order valence-corrected chi connectivity index (χ3v) is 4.91. The number of benzene rings is 1. The number of esters is 1. The first kappa shape index (κ1) is 21.2.